The van der Waals surface area contributed by atoms with Gasteiger partial charge < -0.3 is 14.9 Å². The van der Waals surface area contributed by atoms with E-state index in [2.05, 4.69) is 11.8 Å². The molecule has 0 spiro atoms. The first-order valence-corrected chi connectivity index (χ1v) is 7.84. The summed E-state index contributed by atoms with van der Waals surface area (Å²) in [6.45, 7) is -0.668. The topological polar surface area (TPSA) is 116 Å². The minimum atomic E-state index is -4.27. The van der Waals surface area contributed by atoms with Crippen LogP contribution in [0.5, 0.6) is 5.75 Å². The van der Waals surface area contributed by atoms with Crippen LogP contribution < -0.4 is 9.03 Å². The molecule has 122 valence electrons. The van der Waals surface area contributed by atoms with Crippen molar-refractivity contribution in [3.8, 4) is 17.6 Å². The van der Waals surface area contributed by atoms with E-state index in [4.69, 9.17) is 4.74 Å². The molecule has 2 heterocycles. The molecule has 0 aliphatic carbocycles. The number of ether oxygens (including phenoxy) is 1. The fourth-order valence-corrected chi connectivity index (χ4v) is 3.25. The third kappa shape index (κ3) is 2.70. The molecule has 23 heavy (non-hydrogen) atoms. The number of nitrogens with one attached hydrogen (secondary N) is 1. The lowest BCUT2D eigenvalue weighted by atomic mass is 10.0. The van der Waals surface area contributed by atoms with Crippen LogP contribution in [0.15, 0.2) is 12.1 Å². The number of carbonyl (C=O) groups is 1. The van der Waals surface area contributed by atoms with Gasteiger partial charge >= 0.3 is 10.2 Å². The molecule has 0 aromatic heterocycles. The summed E-state index contributed by atoms with van der Waals surface area (Å²) in [5.74, 6) is 2.21. The predicted molar refractivity (Wildman–Crippen MR) is 75.1 cm³/mol. The molecular weight excluding hydrogens is 331 g/mol. The van der Waals surface area contributed by atoms with Crippen LogP contribution in [0.3, 0.4) is 0 Å². The summed E-state index contributed by atoms with van der Waals surface area (Å²) >= 11 is 0. The number of phenolic OH excluding ortho intramolecular Hbond substituents is 1. The van der Waals surface area contributed by atoms with E-state index in [0.29, 0.717) is 4.31 Å². The molecule has 10 heteroatoms. The average molecular weight is 342 g/mol. The summed E-state index contributed by atoms with van der Waals surface area (Å²) < 4.78 is 45.0. The maximum atomic E-state index is 14.5. The molecule has 1 aromatic rings. The molecule has 3 N–H and O–H groups in total. The standard InChI is InChI=1S/C13H11FN2O6S/c14-11-8(3-4-13(19)6-22-7-13)1-2-9(17)12(11)16-5-10(18)15-23(16,20)21/h1-2,17,19H,5-7H2,(H,15,18). The van der Waals surface area contributed by atoms with Crippen LogP contribution in [0.2, 0.25) is 0 Å². The highest BCUT2D eigenvalue weighted by Crippen LogP contribution is 2.34. The number of halogens is 1. The molecular formula is C13H11FN2O6S. The Morgan fingerprint density at radius 2 is 2.09 bits per heavy atom. The van der Waals surface area contributed by atoms with E-state index >= 15 is 0 Å². The van der Waals surface area contributed by atoms with Crippen LogP contribution in [0, 0.1) is 17.7 Å². The fourth-order valence-electron chi connectivity index (χ4n) is 2.09. The van der Waals surface area contributed by atoms with Gasteiger partial charge in [0.15, 0.2) is 11.4 Å². The quantitative estimate of drug-likeness (QED) is 0.554. The highest BCUT2D eigenvalue weighted by Gasteiger charge is 2.38. The maximum absolute atomic E-state index is 14.5. The molecule has 2 fully saturated rings. The number of amides is 1. The Bertz CT molecular complexity index is 853. The number of aromatic hydroxyl groups is 1. The van der Waals surface area contributed by atoms with Gasteiger partial charge in [-0.15, -0.1) is 0 Å². The fraction of sp³-hybridized carbons (Fsp3) is 0.308. The van der Waals surface area contributed by atoms with Crippen LogP contribution in [-0.2, 0) is 19.7 Å². The van der Waals surface area contributed by atoms with Gasteiger partial charge in [-0.05, 0) is 12.1 Å². The zero-order valence-corrected chi connectivity index (χ0v) is 12.4. The molecule has 2 saturated heterocycles. The molecule has 8 nitrogen and oxygen atoms in total. The Morgan fingerprint density at radius 3 is 2.61 bits per heavy atom. The van der Waals surface area contributed by atoms with Crippen molar-refractivity contribution in [3.63, 3.8) is 0 Å². The molecule has 0 radical (unpaired) electrons. The van der Waals surface area contributed by atoms with E-state index in [1.807, 2.05) is 0 Å². The zero-order valence-electron chi connectivity index (χ0n) is 11.5. The number of aliphatic hydroxyl groups is 1. The van der Waals surface area contributed by atoms with Crippen molar-refractivity contribution in [2.45, 2.75) is 5.60 Å². The van der Waals surface area contributed by atoms with Gasteiger partial charge in [0.25, 0.3) is 5.91 Å². The summed E-state index contributed by atoms with van der Waals surface area (Å²) in [4.78, 5) is 11.2. The number of anilines is 1. The minimum absolute atomic E-state index is 0.00845. The number of hydrogen-bond donors (Lipinski definition) is 3. The SMILES string of the molecule is O=C1CN(c2c(O)ccc(C#CC3(O)COC3)c2F)S(=O)(=O)N1. The van der Waals surface area contributed by atoms with Crippen molar-refractivity contribution in [2.24, 2.45) is 0 Å². The first-order chi connectivity index (χ1) is 10.7. The minimum Gasteiger partial charge on any atom is -0.506 e. The second-order valence-corrected chi connectivity index (χ2v) is 6.70. The van der Waals surface area contributed by atoms with E-state index in [9.17, 15) is 27.8 Å². The first-order valence-electron chi connectivity index (χ1n) is 6.40. The lowest BCUT2D eigenvalue weighted by Gasteiger charge is -2.30. The van der Waals surface area contributed by atoms with E-state index in [1.54, 1.807) is 4.72 Å². The van der Waals surface area contributed by atoms with Gasteiger partial charge in [-0.25, -0.2) is 13.4 Å². The van der Waals surface area contributed by atoms with Gasteiger partial charge in [-0.2, -0.15) is 8.42 Å². The first kappa shape index (κ1) is 15.5. The predicted octanol–water partition coefficient (Wildman–Crippen LogP) is -1.17. The third-order valence-electron chi connectivity index (χ3n) is 3.28. The van der Waals surface area contributed by atoms with Crippen molar-refractivity contribution in [3.05, 3.63) is 23.5 Å². The van der Waals surface area contributed by atoms with E-state index < -0.39 is 45.5 Å². The smallest absolute Gasteiger partial charge is 0.326 e. The zero-order chi connectivity index (χ0) is 16.8. The number of phenols is 1. The highest BCUT2D eigenvalue weighted by atomic mass is 32.2. The normalized spacial score (nSPS) is 21.1. The maximum Gasteiger partial charge on any atom is 0.326 e. The van der Waals surface area contributed by atoms with Crippen LogP contribution in [0.25, 0.3) is 0 Å². The van der Waals surface area contributed by atoms with Crippen LogP contribution in [0.1, 0.15) is 5.56 Å². The van der Waals surface area contributed by atoms with Gasteiger partial charge in [0, 0.05) is 0 Å². The Labute approximate surface area is 130 Å². The molecule has 1 aromatic carbocycles. The second-order valence-electron chi connectivity index (χ2n) is 5.11. The Hall–Kier alpha value is -2.35. The Morgan fingerprint density at radius 1 is 1.39 bits per heavy atom. The number of hydrogen-bond acceptors (Lipinski definition) is 6. The van der Waals surface area contributed by atoms with E-state index in [-0.39, 0.29) is 18.8 Å². The number of benzene rings is 1. The lowest BCUT2D eigenvalue weighted by molar-refractivity contribution is -0.140. The third-order valence-corrected chi connectivity index (χ3v) is 4.65. The molecule has 0 bridgehead atoms. The molecule has 0 saturated carbocycles. The van der Waals surface area contributed by atoms with Gasteiger partial charge in [-0.1, -0.05) is 11.8 Å². The van der Waals surface area contributed by atoms with Crippen molar-refractivity contribution >= 4 is 21.8 Å². The van der Waals surface area contributed by atoms with Crippen molar-refractivity contribution in [2.75, 3.05) is 24.1 Å². The van der Waals surface area contributed by atoms with Gasteiger partial charge in [0.1, 0.15) is 18.0 Å². The molecule has 2 aliphatic rings. The monoisotopic (exact) mass is 342 g/mol. The molecule has 2 aliphatic heterocycles. The van der Waals surface area contributed by atoms with Gasteiger partial charge in [-0.3, -0.25) is 4.79 Å². The number of rotatable bonds is 1. The summed E-state index contributed by atoms with van der Waals surface area (Å²) in [7, 11) is -4.27. The lowest BCUT2D eigenvalue weighted by Crippen LogP contribution is -2.48. The molecule has 1 amide bonds. The van der Waals surface area contributed by atoms with E-state index in [1.165, 1.54) is 0 Å². The van der Waals surface area contributed by atoms with Crippen molar-refractivity contribution in [1.29, 1.82) is 0 Å². The average Bonchev–Trinajstić information content (AvgIpc) is 2.69. The molecule has 3 rings (SSSR count). The van der Waals surface area contributed by atoms with Gasteiger partial charge in [0.05, 0.1) is 18.8 Å². The van der Waals surface area contributed by atoms with Crippen molar-refractivity contribution < 1.29 is 32.6 Å². The van der Waals surface area contributed by atoms with Crippen molar-refractivity contribution in [1.82, 2.24) is 4.72 Å². The summed E-state index contributed by atoms with van der Waals surface area (Å²) in [6, 6.07) is 2.20. The summed E-state index contributed by atoms with van der Waals surface area (Å²) in [5.41, 5.74) is -2.28. The van der Waals surface area contributed by atoms with Crippen LogP contribution in [0.4, 0.5) is 10.1 Å². The van der Waals surface area contributed by atoms with Gasteiger partial charge in [0.2, 0.25) is 0 Å². The summed E-state index contributed by atoms with van der Waals surface area (Å²) in [6.07, 6.45) is 0. The summed E-state index contributed by atoms with van der Waals surface area (Å²) in [5, 5.41) is 19.6. The van der Waals surface area contributed by atoms with E-state index in [0.717, 1.165) is 12.1 Å². The Balaban J connectivity index is 2.05. The molecule has 0 unspecified atom stereocenters. The Kier molecular flexibility index (Phi) is 3.44. The molecule has 0 atom stereocenters. The number of nitrogens with zero attached hydrogens (tertiary/aromatic N) is 1. The second kappa shape index (κ2) is 5.09. The highest BCUT2D eigenvalue weighted by molar-refractivity contribution is 7.92. The van der Waals surface area contributed by atoms with Crippen LogP contribution in [-0.4, -0.2) is 49.9 Å². The number of carbonyl (C=O) groups excluding carboxylic acids is 1. The van der Waals surface area contributed by atoms with Crippen LogP contribution >= 0.6 is 0 Å². The largest absolute Gasteiger partial charge is 0.506 e.